The van der Waals surface area contributed by atoms with Crippen molar-refractivity contribution < 1.29 is 26.6 Å². The molecule has 5 heteroatoms. The molecule has 4 rings (SSSR count). The van der Waals surface area contributed by atoms with Crippen LogP contribution in [-0.4, -0.2) is 5.78 Å². The molecule has 24 heavy (non-hydrogen) atoms. The average molecular weight is 488 g/mol. The molecule has 1 aliphatic heterocycles. The molecule has 1 aromatic carbocycles. The van der Waals surface area contributed by atoms with Crippen molar-refractivity contribution in [1.29, 1.82) is 0 Å². The normalized spacial score (nSPS) is 21.1. The van der Waals surface area contributed by atoms with Gasteiger partial charge in [-0.15, -0.1) is 0 Å². The molecule has 1 heterocycles. The first kappa shape index (κ1) is 20.2. The summed E-state index contributed by atoms with van der Waals surface area (Å²) in [5.74, 6) is 1.81. The van der Waals surface area contributed by atoms with Gasteiger partial charge in [0.05, 0.1) is 10.0 Å². The van der Waals surface area contributed by atoms with Crippen LogP contribution in [-0.2, 0) is 17.1 Å². The van der Waals surface area contributed by atoms with Crippen LogP contribution in [0.15, 0.2) is 32.9 Å². The molecule has 0 atom stereocenters. The molecule has 0 saturated heterocycles. The zero-order chi connectivity index (χ0) is 16.2. The Kier molecular flexibility index (Phi) is 8.06. The van der Waals surface area contributed by atoms with Gasteiger partial charge in [0, 0.05) is 10.4 Å². The van der Waals surface area contributed by atoms with Crippen molar-refractivity contribution in [2.75, 3.05) is 0 Å². The van der Waals surface area contributed by atoms with Gasteiger partial charge in [-0.25, -0.2) is 0 Å². The number of halogens is 2. The van der Waals surface area contributed by atoms with Crippen LogP contribution in [0, 0.1) is 63.7 Å². The number of ether oxygens (including phenoxy) is 1. The second-order valence-corrected chi connectivity index (χ2v) is 6.65. The van der Waals surface area contributed by atoms with E-state index in [1.54, 1.807) is 12.1 Å². The number of carbonyl (C=O) groups excluding carboxylic acids is 1. The van der Waals surface area contributed by atoms with Gasteiger partial charge in [0.25, 0.3) is 0 Å². The largest absolute Gasteiger partial charge is 2.00 e. The van der Waals surface area contributed by atoms with Crippen molar-refractivity contribution in [3.8, 4) is 5.75 Å². The monoisotopic (exact) mass is 486 g/mol. The van der Waals surface area contributed by atoms with Crippen LogP contribution in [0.1, 0.15) is 10.4 Å². The van der Waals surface area contributed by atoms with E-state index in [0.29, 0.717) is 17.1 Å². The zero-order valence-electron chi connectivity index (χ0n) is 12.4. The summed E-state index contributed by atoms with van der Waals surface area (Å²) in [5.41, 5.74) is 0.578. The third-order valence-electron chi connectivity index (χ3n) is 3.23. The van der Waals surface area contributed by atoms with E-state index in [1.165, 1.54) is 0 Å². The minimum absolute atomic E-state index is 0. The minimum atomic E-state index is -0.0896. The number of benzene rings is 1. The number of allylic oxidation sites excluding steroid dienone is 2. The molecule has 2 fully saturated rings. The van der Waals surface area contributed by atoms with Gasteiger partial charge in [0.2, 0.25) is 5.78 Å². The van der Waals surface area contributed by atoms with E-state index in [1.807, 2.05) is 63.9 Å². The fraction of sp³-hybridized carbons (Fsp3) is 0. The maximum absolute atomic E-state index is 12.2. The number of hydrogen-bond acceptors (Lipinski definition) is 2. The van der Waals surface area contributed by atoms with E-state index < -0.39 is 0 Å². The second kappa shape index (κ2) is 9.56. The van der Waals surface area contributed by atoms with Crippen LogP contribution in [0.4, 0.5) is 0 Å². The fourth-order valence-corrected chi connectivity index (χ4v) is 3.48. The molecule has 0 aromatic heterocycles. The Hall–Kier alpha value is -0.0905. The Labute approximate surface area is 171 Å². The molecule has 0 amide bonds. The Morgan fingerprint density at radius 3 is 2.04 bits per heavy atom. The van der Waals surface area contributed by atoms with Crippen LogP contribution >= 0.6 is 31.9 Å². The summed E-state index contributed by atoms with van der Waals surface area (Å²) < 4.78 is 7.24. The number of ketones is 1. The second-order valence-electron chi connectivity index (χ2n) is 4.88. The summed E-state index contributed by atoms with van der Waals surface area (Å²) in [6, 6.07) is 3.63. The number of hydrogen-bond donors (Lipinski definition) is 0. The van der Waals surface area contributed by atoms with E-state index in [-0.39, 0.29) is 22.9 Å². The van der Waals surface area contributed by atoms with E-state index in [9.17, 15) is 4.79 Å². The van der Waals surface area contributed by atoms with Gasteiger partial charge in [-0.2, -0.15) is 0 Å². The van der Waals surface area contributed by atoms with Crippen LogP contribution in [0.5, 0.6) is 5.75 Å². The summed E-state index contributed by atoms with van der Waals surface area (Å²) in [6.07, 6.45) is 19.5. The predicted molar refractivity (Wildman–Crippen MR) is 96.8 cm³/mol. The van der Waals surface area contributed by atoms with Crippen LogP contribution in [0.2, 0.25) is 0 Å². The summed E-state index contributed by atoms with van der Waals surface area (Å²) in [7, 11) is 0. The Morgan fingerprint density at radius 1 is 0.875 bits per heavy atom. The Bertz CT molecular complexity index is 610. The smallest absolute Gasteiger partial charge is 0.452 e. The van der Waals surface area contributed by atoms with Crippen molar-refractivity contribution in [2.24, 2.45) is 0 Å². The summed E-state index contributed by atoms with van der Waals surface area (Å²) in [5, 5.41) is 0. The Morgan fingerprint density at radius 2 is 1.46 bits per heavy atom. The average Bonchev–Trinajstić information content (AvgIpc) is 3.26. The number of Topliss-reactive ketones (excluding diaryl/α,β-unsaturated/α-hetero) is 1. The summed E-state index contributed by atoms with van der Waals surface area (Å²) >= 11 is 6.76. The summed E-state index contributed by atoms with van der Waals surface area (Å²) in [4.78, 5) is 12.2. The molecule has 10 radical (unpaired) electrons. The number of fused-ring (bicyclic) bond motifs is 1. The van der Waals surface area contributed by atoms with Gasteiger partial charge in [0.15, 0.2) is 11.5 Å². The van der Waals surface area contributed by atoms with E-state index in [4.69, 9.17) is 4.74 Å². The number of rotatable bonds is 1. The standard InChI is InChI=1S/C14H7Br2O2.C5H5.Fe/c15-9-6-10-13(17)12(5-8-3-1-2-4-8)18-14(10)11(16)7-9;1-2-4-5-3-1;/h1-7H;1-5H;/q;;+2/b12-5-;;. The van der Waals surface area contributed by atoms with Gasteiger partial charge in [-0.3, -0.25) is 4.79 Å². The minimum Gasteiger partial charge on any atom is -0.452 e. The van der Waals surface area contributed by atoms with Crippen LogP contribution < -0.4 is 4.74 Å². The quantitative estimate of drug-likeness (QED) is 0.407. The van der Waals surface area contributed by atoms with Gasteiger partial charge in [0.1, 0.15) is 0 Å². The molecular weight excluding hydrogens is 476 g/mol. The van der Waals surface area contributed by atoms with Crippen LogP contribution in [0.3, 0.4) is 0 Å². The van der Waals surface area contributed by atoms with Gasteiger partial charge in [-0.1, -0.05) is 15.9 Å². The molecule has 3 aliphatic rings. The first-order valence-electron chi connectivity index (χ1n) is 6.97. The first-order chi connectivity index (χ1) is 11.1. The maximum atomic E-state index is 12.2. The van der Waals surface area contributed by atoms with Crippen LogP contribution in [0.25, 0.3) is 0 Å². The van der Waals surface area contributed by atoms with Gasteiger partial charge in [-0.05, 0) is 91.9 Å². The fourth-order valence-electron chi connectivity index (χ4n) is 2.17. The molecule has 2 saturated carbocycles. The van der Waals surface area contributed by atoms with Crippen molar-refractivity contribution in [2.45, 2.75) is 0 Å². The number of carbonyl (C=O) groups is 1. The topological polar surface area (TPSA) is 26.3 Å². The molecule has 2 nitrogen and oxygen atoms in total. The van der Waals surface area contributed by atoms with E-state index >= 15 is 0 Å². The first-order valence-corrected chi connectivity index (χ1v) is 8.55. The molecule has 1 aromatic rings. The zero-order valence-corrected chi connectivity index (χ0v) is 16.6. The molecule has 2 aliphatic carbocycles. The van der Waals surface area contributed by atoms with Crippen molar-refractivity contribution >= 4 is 37.6 Å². The molecular formula is C19H12Br2FeO2+2. The third-order valence-corrected chi connectivity index (χ3v) is 4.28. The molecule has 0 bridgehead atoms. The predicted octanol–water partition coefficient (Wildman–Crippen LogP) is 5.09. The van der Waals surface area contributed by atoms with Crippen molar-refractivity contribution in [3.05, 3.63) is 102 Å². The Balaban J connectivity index is 0.000000300. The van der Waals surface area contributed by atoms with Crippen molar-refractivity contribution in [1.82, 2.24) is 0 Å². The molecule has 0 spiro atoms. The van der Waals surface area contributed by atoms with Gasteiger partial charge < -0.3 is 4.74 Å². The SMILES string of the molecule is O=C1/C(=C/[C]2[CH][CH][CH][CH]2)Oc2c(Br)cc(Br)cc21.[CH]1[CH][CH][CH][CH]1.[Fe+2]. The van der Waals surface area contributed by atoms with E-state index in [2.05, 4.69) is 31.9 Å². The maximum Gasteiger partial charge on any atom is 2.00 e. The van der Waals surface area contributed by atoms with E-state index in [0.717, 1.165) is 14.9 Å². The molecule has 0 N–H and O–H groups in total. The molecule has 120 valence electrons. The third kappa shape index (κ3) is 4.97. The van der Waals surface area contributed by atoms with Gasteiger partial charge >= 0.3 is 17.1 Å². The summed E-state index contributed by atoms with van der Waals surface area (Å²) in [6.45, 7) is 0. The molecule has 0 unspecified atom stereocenters. The van der Waals surface area contributed by atoms with Crippen molar-refractivity contribution in [3.63, 3.8) is 0 Å².